The molecule has 2 heterocycles. The first-order valence-corrected chi connectivity index (χ1v) is 8.56. The van der Waals surface area contributed by atoms with Crippen molar-refractivity contribution in [2.24, 2.45) is 0 Å². The van der Waals surface area contributed by atoms with Crippen LogP contribution in [0.15, 0.2) is 29.1 Å². The number of aromatic nitrogens is 1. The van der Waals surface area contributed by atoms with Gasteiger partial charge in [0.1, 0.15) is 5.56 Å². The van der Waals surface area contributed by atoms with Gasteiger partial charge in [0.15, 0.2) is 11.5 Å². The number of rotatable bonds is 2. The van der Waals surface area contributed by atoms with E-state index in [1.165, 1.54) is 4.90 Å². The van der Waals surface area contributed by atoms with E-state index in [1.54, 1.807) is 31.3 Å². The van der Waals surface area contributed by atoms with Gasteiger partial charge in [-0.2, -0.15) is 0 Å². The molecule has 1 amide bonds. The molecule has 6 heteroatoms. The predicted molar refractivity (Wildman–Crippen MR) is 93.6 cm³/mol. The van der Waals surface area contributed by atoms with Crippen LogP contribution in [0.1, 0.15) is 40.9 Å². The first-order chi connectivity index (χ1) is 12.1. The lowest BCUT2D eigenvalue weighted by molar-refractivity contribution is 0.0991. The standard InChI is InChI=1S/C19H20N2O4/c1-21(13-7-8-16-17(10-13)25-11-24-16)19(23)14-9-12-5-3-2-4-6-15(12)20-18(14)22/h7-10H,2-6,11H2,1H3,(H,20,22). The van der Waals surface area contributed by atoms with Gasteiger partial charge in [0, 0.05) is 24.5 Å². The molecule has 1 aliphatic carbocycles. The molecule has 1 N–H and O–H groups in total. The van der Waals surface area contributed by atoms with Crippen LogP contribution in [-0.4, -0.2) is 24.7 Å². The number of hydrogen-bond donors (Lipinski definition) is 1. The summed E-state index contributed by atoms with van der Waals surface area (Å²) in [5.74, 6) is 0.938. The summed E-state index contributed by atoms with van der Waals surface area (Å²) in [5.41, 5.74) is 2.58. The quantitative estimate of drug-likeness (QED) is 0.853. The zero-order valence-electron chi connectivity index (χ0n) is 14.1. The molecule has 0 saturated heterocycles. The van der Waals surface area contributed by atoms with Crippen molar-refractivity contribution in [1.29, 1.82) is 0 Å². The van der Waals surface area contributed by atoms with Gasteiger partial charge in [-0.25, -0.2) is 0 Å². The lowest BCUT2D eigenvalue weighted by Gasteiger charge is -2.18. The number of hydrogen-bond acceptors (Lipinski definition) is 4. The van der Waals surface area contributed by atoms with Crippen LogP contribution in [0.25, 0.3) is 0 Å². The largest absolute Gasteiger partial charge is 0.454 e. The molecule has 0 radical (unpaired) electrons. The Kier molecular flexibility index (Phi) is 3.95. The van der Waals surface area contributed by atoms with Gasteiger partial charge in [-0.05, 0) is 49.4 Å². The van der Waals surface area contributed by atoms with E-state index in [4.69, 9.17) is 9.47 Å². The molecule has 6 nitrogen and oxygen atoms in total. The third-order valence-electron chi connectivity index (χ3n) is 4.87. The van der Waals surface area contributed by atoms with Crippen LogP contribution in [0, 0.1) is 0 Å². The molecule has 25 heavy (non-hydrogen) atoms. The Balaban J connectivity index is 1.66. The molecular formula is C19H20N2O4. The minimum absolute atomic E-state index is 0.181. The molecule has 130 valence electrons. The van der Waals surface area contributed by atoms with Crippen molar-refractivity contribution in [3.63, 3.8) is 0 Å². The third kappa shape index (κ3) is 2.88. The molecule has 0 saturated carbocycles. The van der Waals surface area contributed by atoms with Crippen LogP contribution < -0.4 is 19.9 Å². The number of nitrogens with one attached hydrogen (secondary N) is 1. The molecule has 0 fully saturated rings. The van der Waals surface area contributed by atoms with Gasteiger partial charge in [0.2, 0.25) is 6.79 Å². The smallest absolute Gasteiger partial charge is 0.263 e. The monoisotopic (exact) mass is 340 g/mol. The van der Waals surface area contributed by atoms with Gasteiger partial charge in [0.25, 0.3) is 11.5 Å². The number of aromatic amines is 1. The van der Waals surface area contributed by atoms with E-state index in [2.05, 4.69) is 4.98 Å². The highest BCUT2D eigenvalue weighted by atomic mass is 16.7. The van der Waals surface area contributed by atoms with Crippen molar-refractivity contribution in [3.8, 4) is 11.5 Å². The number of H-pyrrole nitrogens is 1. The van der Waals surface area contributed by atoms with Gasteiger partial charge >= 0.3 is 0 Å². The van der Waals surface area contributed by atoms with Crippen molar-refractivity contribution >= 4 is 11.6 Å². The Morgan fingerprint density at radius 1 is 1.08 bits per heavy atom. The molecule has 2 aliphatic rings. The van der Waals surface area contributed by atoms with Crippen LogP contribution >= 0.6 is 0 Å². The highest BCUT2D eigenvalue weighted by Crippen LogP contribution is 2.35. The van der Waals surface area contributed by atoms with Gasteiger partial charge in [-0.15, -0.1) is 0 Å². The number of nitrogens with zero attached hydrogens (tertiary/aromatic N) is 1. The van der Waals surface area contributed by atoms with Crippen molar-refractivity contribution in [2.75, 3.05) is 18.7 Å². The summed E-state index contributed by atoms with van der Waals surface area (Å²) in [5, 5.41) is 0. The summed E-state index contributed by atoms with van der Waals surface area (Å²) >= 11 is 0. The van der Waals surface area contributed by atoms with Gasteiger partial charge in [0.05, 0.1) is 0 Å². The number of carbonyl (C=O) groups is 1. The summed E-state index contributed by atoms with van der Waals surface area (Å²) in [6.07, 6.45) is 5.09. The number of ether oxygens (including phenoxy) is 2. The molecule has 0 spiro atoms. The van der Waals surface area contributed by atoms with Crippen LogP contribution in [0.3, 0.4) is 0 Å². The Labute approximate surface area is 145 Å². The summed E-state index contributed by atoms with van der Waals surface area (Å²) < 4.78 is 10.6. The number of amides is 1. The van der Waals surface area contributed by atoms with E-state index in [1.807, 2.05) is 0 Å². The molecule has 4 rings (SSSR count). The van der Waals surface area contributed by atoms with E-state index in [-0.39, 0.29) is 23.8 Å². The van der Waals surface area contributed by atoms with E-state index in [0.717, 1.165) is 43.4 Å². The van der Waals surface area contributed by atoms with Gasteiger partial charge in [-0.1, -0.05) is 6.42 Å². The van der Waals surface area contributed by atoms with Crippen LogP contribution in [0.4, 0.5) is 5.69 Å². The molecule has 2 aromatic rings. The van der Waals surface area contributed by atoms with E-state index in [9.17, 15) is 9.59 Å². The average molecular weight is 340 g/mol. The lowest BCUT2D eigenvalue weighted by Crippen LogP contribution is -2.32. The number of carbonyl (C=O) groups excluding carboxylic acids is 1. The van der Waals surface area contributed by atoms with Crippen LogP contribution in [0.2, 0.25) is 0 Å². The average Bonchev–Trinajstić information content (AvgIpc) is 2.97. The molecule has 1 aromatic heterocycles. The Morgan fingerprint density at radius 3 is 2.76 bits per heavy atom. The second-order valence-corrected chi connectivity index (χ2v) is 6.48. The minimum atomic E-state index is -0.327. The maximum absolute atomic E-state index is 12.9. The Bertz CT molecular complexity index is 887. The SMILES string of the molecule is CN(C(=O)c1cc2c([nH]c1=O)CCCCC2)c1ccc2c(c1)OCO2. The first-order valence-electron chi connectivity index (χ1n) is 8.56. The molecule has 0 bridgehead atoms. The topological polar surface area (TPSA) is 71.6 Å². The Morgan fingerprint density at radius 2 is 1.88 bits per heavy atom. The summed E-state index contributed by atoms with van der Waals surface area (Å²) in [7, 11) is 1.66. The highest BCUT2D eigenvalue weighted by Gasteiger charge is 2.22. The number of pyridine rings is 1. The van der Waals surface area contributed by atoms with Crippen molar-refractivity contribution in [1.82, 2.24) is 4.98 Å². The third-order valence-corrected chi connectivity index (χ3v) is 4.87. The summed E-state index contributed by atoms with van der Waals surface area (Å²) in [4.78, 5) is 29.7. The van der Waals surface area contributed by atoms with Gasteiger partial charge < -0.3 is 19.4 Å². The Hall–Kier alpha value is -2.76. The van der Waals surface area contributed by atoms with E-state index >= 15 is 0 Å². The second-order valence-electron chi connectivity index (χ2n) is 6.48. The molecule has 0 unspecified atom stereocenters. The zero-order chi connectivity index (χ0) is 17.4. The number of aryl methyl sites for hydroxylation is 2. The van der Waals surface area contributed by atoms with Crippen molar-refractivity contribution < 1.29 is 14.3 Å². The highest BCUT2D eigenvalue weighted by molar-refractivity contribution is 6.05. The molecular weight excluding hydrogens is 320 g/mol. The predicted octanol–water partition coefficient (Wildman–Crippen LogP) is 2.65. The lowest BCUT2D eigenvalue weighted by atomic mass is 10.1. The van der Waals surface area contributed by atoms with Crippen molar-refractivity contribution in [2.45, 2.75) is 32.1 Å². The number of benzene rings is 1. The normalized spacial score (nSPS) is 15.4. The first kappa shape index (κ1) is 15.7. The maximum atomic E-state index is 12.9. The fourth-order valence-electron chi connectivity index (χ4n) is 3.40. The maximum Gasteiger partial charge on any atom is 0.263 e. The van der Waals surface area contributed by atoms with E-state index in [0.29, 0.717) is 17.2 Å². The van der Waals surface area contributed by atoms with Gasteiger partial charge in [-0.3, -0.25) is 9.59 Å². The number of fused-ring (bicyclic) bond motifs is 2. The summed E-state index contributed by atoms with van der Waals surface area (Å²) in [6.45, 7) is 0.181. The van der Waals surface area contributed by atoms with Crippen LogP contribution in [0.5, 0.6) is 11.5 Å². The molecule has 1 aromatic carbocycles. The van der Waals surface area contributed by atoms with Crippen molar-refractivity contribution in [3.05, 3.63) is 51.4 Å². The fourth-order valence-corrected chi connectivity index (χ4v) is 3.40. The zero-order valence-corrected chi connectivity index (χ0v) is 14.1. The summed E-state index contributed by atoms with van der Waals surface area (Å²) in [6, 6.07) is 7.06. The second kappa shape index (κ2) is 6.27. The fraction of sp³-hybridized carbons (Fsp3) is 0.368. The number of anilines is 1. The van der Waals surface area contributed by atoms with Crippen LogP contribution in [-0.2, 0) is 12.8 Å². The molecule has 1 aliphatic heterocycles. The minimum Gasteiger partial charge on any atom is -0.454 e. The molecule has 0 atom stereocenters. The van der Waals surface area contributed by atoms with E-state index < -0.39 is 0 Å².